The van der Waals surface area contributed by atoms with Crippen LogP contribution in [0, 0.1) is 0 Å². The van der Waals surface area contributed by atoms with Gasteiger partial charge in [0.25, 0.3) is 0 Å². The van der Waals surface area contributed by atoms with Crippen molar-refractivity contribution in [1.29, 1.82) is 0 Å². The summed E-state index contributed by atoms with van der Waals surface area (Å²) in [5.74, 6) is 0.385. The van der Waals surface area contributed by atoms with Gasteiger partial charge in [-0.2, -0.15) is 25.8 Å². The zero-order valence-corrected chi connectivity index (χ0v) is 18.1. The first-order valence-electron chi connectivity index (χ1n) is 8.00. The van der Waals surface area contributed by atoms with Crippen LogP contribution in [0.2, 0.25) is 10.0 Å². The Kier molecular flexibility index (Phi) is 12.3. The van der Waals surface area contributed by atoms with Crippen LogP contribution in [-0.4, -0.2) is 5.88 Å². The summed E-state index contributed by atoms with van der Waals surface area (Å²) >= 11 is 17.2. The predicted molar refractivity (Wildman–Crippen MR) is 112 cm³/mol. The highest BCUT2D eigenvalue weighted by Crippen LogP contribution is 2.44. The first kappa shape index (κ1) is 25.3. The van der Waals surface area contributed by atoms with Crippen LogP contribution < -0.4 is 5.32 Å². The van der Waals surface area contributed by atoms with E-state index in [2.05, 4.69) is 17.9 Å². The molecule has 0 radical (unpaired) electrons. The average molecular weight is 444 g/mol. The van der Waals surface area contributed by atoms with E-state index in [0.29, 0.717) is 16.5 Å². The van der Waals surface area contributed by atoms with Crippen LogP contribution in [0.4, 0.5) is 18.9 Å². The van der Waals surface area contributed by atoms with Gasteiger partial charge in [-0.3, -0.25) is 0 Å². The van der Waals surface area contributed by atoms with Crippen molar-refractivity contribution >= 4 is 53.3 Å². The monoisotopic (exact) mass is 443 g/mol. The molecule has 2 aromatic rings. The maximum atomic E-state index is 13.0. The van der Waals surface area contributed by atoms with E-state index in [1.807, 2.05) is 27.7 Å². The summed E-state index contributed by atoms with van der Waals surface area (Å²) in [7, 11) is 0. The van der Waals surface area contributed by atoms with Gasteiger partial charge in [-0.25, -0.2) is 0 Å². The topological polar surface area (TPSA) is 12.0 Å². The number of thiol groups is 1. The van der Waals surface area contributed by atoms with Crippen molar-refractivity contribution in [2.45, 2.75) is 43.7 Å². The van der Waals surface area contributed by atoms with Crippen molar-refractivity contribution in [2.75, 3.05) is 11.2 Å². The normalized spacial score (nSPS) is 10.2. The minimum atomic E-state index is -4.43. The Balaban J connectivity index is 0.00000146. The third kappa shape index (κ3) is 7.51. The first-order chi connectivity index (χ1) is 12.3. The number of anilines is 1. The third-order valence-corrected chi connectivity index (χ3v) is 4.88. The summed E-state index contributed by atoms with van der Waals surface area (Å²) in [6.07, 6.45) is -4.43. The van der Waals surface area contributed by atoms with Gasteiger partial charge in [0.15, 0.2) is 0 Å². The molecule has 0 atom stereocenters. The van der Waals surface area contributed by atoms with Gasteiger partial charge in [0.05, 0.1) is 21.5 Å². The second-order valence-corrected chi connectivity index (χ2v) is 6.38. The average Bonchev–Trinajstić information content (AvgIpc) is 2.61. The number of halogens is 5. The Morgan fingerprint density at radius 1 is 1.00 bits per heavy atom. The lowest BCUT2D eigenvalue weighted by Gasteiger charge is -2.14. The molecular weight excluding hydrogens is 422 g/mol. The molecule has 1 N–H and O–H groups in total. The minimum Gasteiger partial charge on any atom is -0.376 e. The zero-order chi connectivity index (χ0) is 20.3. The predicted octanol–water partition coefficient (Wildman–Crippen LogP) is 8.52. The molecule has 2 aromatic carbocycles. The molecule has 0 spiro atoms. The van der Waals surface area contributed by atoms with Crippen molar-refractivity contribution in [3.05, 3.63) is 52.0 Å². The van der Waals surface area contributed by atoms with Gasteiger partial charge in [-0.1, -0.05) is 74.8 Å². The van der Waals surface area contributed by atoms with Crippen molar-refractivity contribution in [3.63, 3.8) is 0 Å². The molecule has 26 heavy (non-hydrogen) atoms. The maximum absolute atomic E-state index is 13.0. The van der Waals surface area contributed by atoms with Crippen molar-refractivity contribution in [2.24, 2.45) is 0 Å². The Labute approximate surface area is 173 Å². The van der Waals surface area contributed by atoms with E-state index >= 15 is 0 Å². The van der Waals surface area contributed by atoms with E-state index < -0.39 is 11.7 Å². The smallest absolute Gasteiger partial charge is 0.376 e. The van der Waals surface area contributed by atoms with Gasteiger partial charge >= 0.3 is 6.18 Å². The molecule has 8 heteroatoms. The van der Waals surface area contributed by atoms with Crippen molar-refractivity contribution in [1.82, 2.24) is 0 Å². The fourth-order valence-electron chi connectivity index (χ4n) is 1.75. The van der Waals surface area contributed by atoms with E-state index in [0.717, 1.165) is 17.8 Å². The summed E-state index contributed by atoms with van der Waals surface area (Å²) in [5.41, 5.74) is -0.0665. The summed E-state index contributed by atoms with van der Waals surface area (Å²) in [5, 5.41) is 3.48. The molecule has 0 saturated heterocycles. The van der Waals surface area contributed by atoms with Gasteiger partial charge in [-0.05, 0) is 24.3 Å². The Bertz CT molecular complexity index is 657. The second kappa shape index (κ2) is 12.7. The number of hydrogen-bond acceptors (Lipinski definition) is 3. The molecule has 0 fully saturated rings. The van der Waals surface area contributed by atoms with Gasteiger partial charge in [0, 0.05) is 15.5 Å². The summed E-state index contributed by atoms with van der Waals surface area (Å²) in [6.45, 7) is 8.00. The highest BCUT2D eigenvalue weighted by molar-refractivity contribution is 7.99. The fraction of sp³-hybridized carbons (Fsp3) is 0.333. The summed E-state index contributed by atoms with van der Waals surface area (Å²) < 4.78 is 39.1. The molecule has 0 heterocycles. The van der Waals surface area contributed by atoms with E-state index in [4.69, 9.17) is 23.2 Å². The molecule has 0 aliphatic carbocycles. The van der Waals surface area contributed by atoms with Crippen LogP contribution in [-0.2, 0) is 6.18 Å². The van der Waals surface area contributed by atoms with E-state index in [1.54, 1.807) is 12.1 Å². The van der Waals surface area contributed by atoms with Gasteiger partial charge in [-0.15, -0.1) is 0 Å². The van der Waals surface area contributed by atoms with Crippen LogP contribution in [0.25, 0.3) is 0 Å². The molecule has 0 aromatic heterocycles. The lowest BCUT2D eigenvalue weighted by Crippen LogP contribution is -2.06. The minimum absolute atomic E-state index is 0.0497. The van der Waals surface area contributed by atoms with Gasteiger partial charge < -0.3 is 5.32 Å². The maximum Gasteiger partial charge on any atom is 0.417 e. The van der Waals surface area contributed by atoms with Crippen LogP contribution in [0.15, 0.2) is 46.2 Å². The van der Waals surface area contributed by atoms with Crippen LogP contribution in [0.1, 0.15) is 33.3 Å². The second-order valence-electron chi connectivity index (χ2n) is 4.20. The number of benzene rings is 2. The van der Waals surface area contributed by atoms with E-state index in [-0.39, 0.29) is 14.9 Å². The molecule has 0 aliphatic heterocycles. The number of alkyl halides is 3. The van der Waals surface area contributed by atoms with Crippen LogP contribution in [0.5, 0.6) is 0 Å². The lowest BCUT2D eigenvalue weighted by atomic mass is 10.2. The zero-order valence-electron chi connectivity index (χ0n) is 14.9. The highest BCUT2D eigenvalue weighted by Gasteiger charge is 2.33. The SMILES string of the molecule is CC.CC.FC(F)(F)c1ccccc1Sc1c(Cl)cc(NCS)cc1Cl. The Hall–Kier alpha value is -0.690. The Morgan fingerprint density at radius 3 is 1.96 bits per heavy atom. The number of hydrogen-bond donors (Lipinski definition) is 2. The summed E-state index contributed by atoms with van der Waals surface area (Å²) in [6, 6.07) is 8.50. The van der Waals surface area contributed by atoms with Crippen molar-refractivity contribution < 1.29 is 13.2 Å². The molecule has 0 aliphatic rings. The number of rotatable bonds is 4. The van der Waals surface area contributed by atoms with Crippen molar-refractivity contribution in [3.8, 4) is 0 Å². The highest BCUT2D eigenvalue weighted by atomic mass is 35.5. The van der Waals surface area contributed by atoms with E-state index in [1.165, 1.54) is 18.2 Å². The van der Waals surface area contributed by atoms with Gasteiger partial charge in [0.2, 0.25) is 0 Å². The molecule has 0 saturated carbocycles. The summed E-state index contributed by atoms with van der Waals surface area (Å²) in [4.78, 5) is 0.429. The molecule has 1 nitrogen and oxygen atoms in total. The third-order valence-electron chi connectivity index (χ3n) is 2.69. The molecule has 0 amide bonds. The molecule has 2 rings (SSSR count). The quantitative estimate of drug-likeness (QED) is 0.362. The van der Waals surface area contributed by atoms with E-state index in [9.17, 15) is 13.2 Å². The molecule has 0 unspecified atom stereocenters. The fourth-order valence-corrected chi connectivity index (χ4v) is 3.62. The van der Waals surface area contributed by atoms with Crippen LogP contribution >= 0.6 is 47.6 Å². The molecule has 0 bridgehead atoms. The lowest BCUT2D eigenvalue weighted by molar-refractivity contribution is -0.139. The first-order valence-corrected chi connectivity index (χ1v) is 10.2. The van der Waals surface area contributed by atoms with Crippen LogP contribution in [0.3, 0.4) is 0 Å². The number of nitrogens with one attached hydrogen (secondary N) is 1. The molecule has 146 valence electrons. The van der Waals surface area contributed by atoms with Gasteiger partial charge in [0.1, 0.15) is 0 Å². The molecular formula is C18H22Cl2F3NS2. The standard InChI is InChI=1S/C14H10Cl2F3NS2.2C2H6/c15-10-5-8(20-7-21)6-11(16)13(10)22-12-4-2-1-3-9(12)14(17,18)19;2*1-2/h1-6,20-21H,7H2;2*1-2H3. The Morgan fingerprint density at radius 2 is 1.50 bits per heavy atom. The largest absolute Gasteiger partial charge is 0.417 e.